The van der Waals surface area contributed by atoms with E-state index >= 15 is 0 Å². The first kappa shape index (κ1) is 21.3. The zero-order valence-corrected chi connectivity index (χ0v) is 17.5. The van der Waals surface area contributed by atoms with Crippen molar-refractivity contribution in [2.45, 2.75) is 20.0 Å². The van der Waals surface area contributed by atoms with Crippen molar-refractivity contribution in [3.8, 4) is 11.8 Å². The number of nitrogens with zero attached hydrogens (tertiary/aromatic N) is 5. The first-order valence-electron chi connectivity index (χ1n) is 10.2. The van der Waals surface area contributed by atoms with E-state index in [4.69, 9.17) is 5.11 Å². The van der Waals surface area contributed by atoms with Crippen LogP contribution in [-0.4, -0.2) is 62.4 Å². The van der Waals surface area contributed by atoms with Gasteiger partial charge in [-0.1, -0.05) is 18.1 Å². The predicted octanol–water partition coefficient (Wildman–Crippen LogP) is 0.607. The van der Waals surface area contributed by atoms with Gasteiger partial charge in [-0.25, -0.2) is 14.5 Å². The molecular weight excluding hydrogens is 412 g/mol. The zero-order valence-electron chi connectivity index (χ0n) is 17.5. The number of piperazine rings is 1. The number of hydrogen-bond donors (Lipinski definition) is 2. The van der Waals surface area contributed by atoms with Gasteiger partial charge in [-0.05, 0) is 19.1 Å². The number of carboxylic acid groups (broad SMARTS) is 1. The van der Waals surface area contributed by atoms with Crippen LogP contribution in [0.1, 0.15) is 27.6 Å². The van der Waals surface area contributed by atoms with Crippen molar-refractivity contribution in [2.75, 3.05) is 31.1 Å². The normalized spacial score (nSPS) is 13.6. The van der Waals surface area contributed by atoms with Crippen molar-refractivity contribution >= 4 is 28.7 Å². The number of carbonyl (C=O) groups excluding carboxylic acids is 1. The second-order valence-electron chi connectivity index (χ2n) is 7.31. The van der Waals surface area contributed by atoms with E-state index in [-0.39, 0.29) is 17.9 Å². The highest BCUT2D eigenvalue weighted by Gasteiger charge is 2.22. The van der Waals surface area contributed by atoms with Crippen LogP contribution in [0.5, 0.6) is 0 Å². The summed E-state index contributed by atoms with van der Waals surface area (Å²) in [6, 6.07) is 5.57. The molecule has 4 rings (SSSR count). The summed E-state index contributed by atoms with van der Waals surface area (Å²) in [5, 5.41) is 16.4. The topological polar surface area (TPSA) is 122 Å². The van der Waals surface area contributed by atoms with E-state index < -0.39 is 11.5 Å². The van der Waals surface area contributed by atoms with Crippen molar-refractivity contribution in [3.63, 3.8) is 0 Å². The van der Waals surface area contributed by atoms with Crippen LogP contribution in [-0.2, 0) is 13.1 Å². The minimum Gasteiger partial charge on any atom is -0.478 e. The summed E-state index contributed by atoms with van der Waals surface area (Å²) in [6.07, 6.45) is 1.49. The van der Waals surface area contributed by atoms with Gasteiger partial charge < -0.3 is 15.3 Å². The third kappa shape index (κ3) is 4.10. The molecule has 0 spiro atoms. The highest BCUT2D eigenvalue weighted by Crippen LogP contribution is 2.20. The number of ketones is 1. The number of anilines is 1. The van der Waals surface area contributed by atoms with Gasteiger partial charge in [0.05, 0.1) is 18.3 Å². The third-order valence-corrected chi connectivity index (χ3v) is 5.29. The van der Waals surface area contributed by atoms with E-state index in [9.17, 15) is 14.4 Å². The number of benzene rings is 1. The molecule has 2 aromatic heterocycles. The van der Waals surface area contributed by atoms with Gasteiger partial charge in [0, 0.05) is 31.7 Å². The van der Waals surface area contributed by atoms with Crippen LogP contribution < -0.4 is 15.8 Å². The Morgan fingerprint density at radius 1 is 1.16 bits per heavy atom. The number of nitrogens with one attached hydrogen (secondary N) is 1. The van der Waals surface area contributed by atoms with Gasteiger partial charge in [0.15, 0.2) is 5.78 Å². The molecule has 164 valence electrons. The lowest BCUT2D eigenvalue weighted by atomic mass is 10.1. The number of Topliss-reactive ketones (excluding diaryl/α,β-unsaturated/α-hetero) is 1. The van der Waals surface area contributed by atoms with Gasteiger partial charge in [-0.3, -0.25) is 14.2 Å². The lowest BCUT2D eigenvalue weighted by Crippen LogP contribution is -2.44. The molecule has 10 nitrogen and oxygen atoms in total. The molecule has 3 aromatic rings. The van der Waals surface area contributed by atoms with E-state index in [1.807, 2.05) is 0 Å². The predicted molar refractivity (Wildman–Crippen MR) is 118 cm³/mol. The maximum atomic E-state index is 13.2. The number of carboxylic acids is 1. The van der Waals surface area contributed by atoms with Gasteiger partial charge in [0.25, 0.3) is 5.56 Å². The first-order valence-corrected chi connectivity index (χ1v) is 10.2. The van der Waals surface area contributed by atoms with E-state index in [0.717, 1.165) is 30.9 Å². The van der Waals surface area contributed by atoms with Crippen molar-refractivity contribution < 1.29 is 14.7 Å². The number of rotatable bonds is 6. The van der Waals surface area contributed by atoms with Crippen molar-refractivity contribution in [1.82, 2.24) is 24.6 Å². The van der Waals surface area contributed by atoms with E-state index in [1.54, 1.807) is 11.5 Å². The van der Waals surface area contributed by atoms with Gasteiger partial charge in [-0.2, -0.15) is 5.10 Å². The minimum absolute atomic E-state index is 0.0830. The second kappa shape index (κ2) is 9.03. The van der Waals surface area contributed by atoms with Crippen LogP contribution in [0.4, 0.5) is 5.95 Å². The Morgan fingerprint density at radius 2 is 1.84 bits per heavy atom. The quantitative estimate of drug-likeness (QED) is 0.427. The van der Waals surface area contributed by atoms with E-state index in [2.05, 4.69) is 32.1 Å². The Balaban J connectivity index is 1.70. The number of imidazole rings is 1. The third-order valence-electron chi connectivity index (χ3n) is 5.29. The number of carbonyl (C=O) groups is 2. The molecule has 0 unspecified atom stereocenters. The molecule has 3 heterocycles. The Kier molecular flexibility index (Phi) is 6.00. The van der Waals surface area contributed by atoms with Crippen LogP contribution in [0.3, 0.4) is 0 Å². The fourth-order valence-electron chi connectivity index (χ4n) is 3.63. The zero-order chi connectivity index (χ0) is 22.7. The molecule has 0 radical (unpaired) electrons. The summed E-state index contributed by atoms with van der Waals surface area (Å²) in [5.74, 6) is 5.09. The van der Waals surface area contributed by atoms with Crippen molar-refractivity contribution in [1.29, 1.82) is 0 Å². The van der Waals surface area contributed by atoms with Crippen LogP contribution in [0, 0.1) is 11.8 Å². The maximum absolute atomic E-state index is 13.2. The largest absolute Gasteiger partial charge is 0.478 e. The summed E-state index contributed by atoms with van der Waals surface area (Å²) >= 11 is 0. The molecule has 1 aliphatic rings. The number of hydrogen-bond acceptors (Lipinski definition) is 7. The summed E-state index contributed by atoms with van der Waals surface area (Å²) in [7, 11) is 0. The molecule has 0 saturated carbocycles. The standard InChI is InChI=1S/C22H22N6O4/c1-2-3-10-27-19-17(25-22(27)26-11-8-23-9-12-26)13-24-28(20(19)30)14-18(29)15-4-6-16(7-5-15)21(31)32/h4-7,13,23H,8-12,14H2,1H3,(H,31,32). The molecule has 0 amide bonds. The summed E-state index contributed by atoms with van der Waals surface area (Å²) in [5.41, 5.74) is 0.765. The smallest absolute Gasteiger partial charge is 0.335 e. The first-order chi connectivity index (χ1) is 15.5. The SMILES string of the molecule is CC#CCn1c(N2CCNCC2)nc2cnn(CC(=O)c3ccc(C(=O)O)cc3)c(=O)c21. The molecule has 1 saturated heterocycles. The van der Waals surface area contributed by atoms with E-state index in [0.29, 0.717) is 29.1 Å². The number of aromatic nitrogens is 4. The summed E-state index contributed by atoms with van der Waals surface area (Å²) in [6.45, 7) is 4.92. The summed E-state index contributed by atoms with van der Waals surface area (Å²) < 4.78 is 2.89. The van der Waals surface area contributed by atoms with Gasteiger partial charge in [0.2, 0.25) is 5.95 Å². The molecule has 1 fully saturated rings. The number of aromatic carboxylic acids is 1. The highest BCUT2D eigenvalue weighted by atomic mass is 16.4. The summed E-state index contributed by atoms with van der Waals surface area (Å²) in [4.78, 5) is 43.7. The van der Waals surface area contributed by atoms with Crippen LogP contribution >= 0.6 is 0 Å². The van der Waals surface area contributed by atoms with Crippen LogP contribution in [0.25, 0.3) is 11.0 Å². The number of fused-ring (bicyclic) bond motifs is 1. The minimum atomic E-state index is -1.07. The Bertz CT molecular complexity index is 1290. The fourth-order valence-corrected chi connectivity index (χ4v) is 3.63. The second-order valence-corrected chi connectivity index (χ2v) is 7.31. The highest BCUT2D eigenvalue weighted by molar-refractivity contribution is 5.97. The fraction of sp³-hybridized carbons (Fsp3) is 0.318. The van der Waals surface area contributed by atoms with Gasteiger partial charge in [0.1, 0.15) is 17.6 Å². The molecule has 1 aromatic carbocycles. The average molecular weight is 434 g/mol. The van der Waals surface area contributed by atoms with Crippen LogP contribution in [0.2, 0.25) is 0 Å². The Morgan fingerprint density at radius 3 is 2.50 bits per heavy atom. The van der Waals surface area contributed by atoms with Gasteiger partial charge in [-0.15, -0.1) is 5.92 Å². The lowest BCUT2D eigenvalue weighted by molar-refractivity contribution is 0.0696. The van der Waals surface area contributed by atoms with Crippen LogP contribution in [0.15, 0.2) is 35.3 Å². The van der Waals surface area contributed by atoms with Crippen molar-refractivity contribution in [2.24, 2.45) is 0 Å². The molecule has 32 heavy (non-hydrogen) atoms. The molecule has 0 atom stereocenters. The molecule has 1 aliphatic heterocycles. The molecule has 10 heteroatoms. The lowest BCUT2D eigenvalue weighted by Gasteiger charge is -2.28. The molecule has 0 aliphatic carbocycles. The Labute approximate surface area is 183 Å². The van der Waals surface area contributed by atoms with Gasteiger partial charge >= 0.3 is 5.97 Å². The monoisotopic (exact) mass is 434 g/mol. The molecule has 2 N–H and O–H groups in total. The average Bonchev–Trinajstić information content (AvgIpc) is 3.19. The maximum Gasteiger partial charge on any atom is 0.335 e. The Hall–Kier alpha value is -3.97. The molecular formula is C22H22N6O4. The molecule has 0 bridgehead atoms. The van der Waals surface area contributed by atoms with Crippen molar-refractivity contribution in [3.05, 3.63) is 51.9 Å². The van der Waals surface area contributed by atoms with E-state index in [1.165, 1.54) is 30.5 Å².